The van der Waals surface area contributed by atoms with E-state index in [9.17, 15) is 18.0 Å². The lowest BCUT2D eigenvalue weighted by Gasteiger charge is -2.13. The number of allylic oxidation sites excluding steroid dienone is 3. The number of aliphatic carboxylic acids is 1. The molecule has 4 rings (SSSR count). The third-order valence-electron chi connectivity index (χ3n) is 5.86. The second kappa shape index (κ2) is 13.3. The molecule has 11 heteroatoms. The number of thioether (sulfide) groups is 1. The van der Waals surface area contributed by atoms with Crippen LogP contribution in [0.2, 0.25) is 0 Å². The highest BCUT2D eigenvalue weighted by molar-refractivity contribution is 8.04. The molecule has 0 radical (unpaired) electrons. The van der Waals surface area contributed by atoms with Crippen LogP contribution in [0.25, 0.3) is 11.3 Å². The third-order valence-corrected chi connectivity index (χ3v) is 7.76. The number of nitrogens with zero attached hydrogens (tertiary/aromatic N) is 1. The lowest BCUT2D eigenvalue weighted by Crippen LogP contribution is -2.10. The average molecular weight is 592 g/mol. The van der Waals surface area contributed by atoms with Crippen molar-refractivity contribution < 1.29 is 37.3 Å². The molecule has 1 aromatic heterocycles. The van der Waals surface area contributed by atoms with E-state index in [1.807, 2.05) is 31.2 Å². The molecule has 0 fully saturated rings. The molecule has 0 aliphatic heterocycles. The van der Waals surface area contributed by atoms with Crippen LogP contribution in [0.1, 0.15) is 41.1 Å². The molecule has 1 aliphatic carbocycles. The van der Waals surface area contributed by atoms with E-state index in [0.717, 1.165) is 21.8 Å². The lowest BCUT2D eigenvalue weighted by molar-refractivity contribution is -0.139. The first-order chi connectivity index (χ1) is 19.1. The Kier molecular flexibility index (Phi) is 9.80. The van der Waals surface area contributed by atoms with Crippen molar-refractivity contribution in [1.29, 1.82) is 0 Å². The molecule has 0 saturated carbocycles. The normalized spacial score (nSPS) is 15.3. The number of halogens is 3. The van der Waals surface area contributed by atoms with Crippen LogP contribution in [0.15, 0.2) is 65.6 Å². The van der Waals surface area contributed by atoms with Crippen molar-refractivity contribution in [3.63, 3.8) is 0 Å². The number of carboxylic acids is 1. The maximum atomic E-state index is 13.2. The van der Waals surface area contributed by atoms with Gasteiger partial charge < -0.3 is 19.3 Å². The monoisotopic (exact) mass is 591 g/mol. The molecule has 40 heavy (non-hydrogen) atoms. The smallest absolute Gasteiger partial charge is 0.446 e. The van der Waals surface area contributed by atoms with Crippen molar-refractivity contribution >= 4 is 29.1 Å². The Morgan fingerprint density at radius 1 is 1.12 bits per heavy atom. The highest BCUT2D eigenvalue weighted by Crippen LogP contribution is 2.43. The van der Waals surface area contributed by atoms with E-state index < -0.39 is 18.1 Å². The molecule has 0 spiro atoms. The molecule has 0 saturated heterocycles. The summed E-state index contributed by atoms with van der Waals surface area (Å²) in [4.78, 5) is 16.7. The van der Waals surface area contributed by atoms with Gasteiger partial charge in [-0.25, -0.2) is 9.78 Å². The Morgan fingerprint density at radius 2 is 1.88 bits per heavy atom. The lowest BCUT2D eigenvalue weighted by atomic mass is 9.98. The SMILES string of the molecule is CCOc1ccc(-c2nc(COc3ccc(OCC(=O)O)c(C)c3)sc2C2C=C(SC(F)(F)F)C=CCC2)cc1. The molecule has 1 atom stereocenters. The summed E-state index contributed by atoms with van der Waals surface area (Å²) in [6.07, 6.45) is 6.29. The number of carboxylic acid groups (broad SMARTS) is 1. The Labute approximate surface area is 238 Å². The molecule has 2 aromatic carbocycles. The van der Waals surface area contributed by atoms with Gasteiger partial charge in [-0.2, -0.15) is 13.2 Å². The van der Waals surface area contributed by atoms with Gasteiger partial charge in [0, 0.05) is 21.3 Å². The summed E-state index contributed by atoms with van der Waals surface area (Å²) in [6, 6.07) is 12.6. The Morgan fingerprint density at radius 3 is 2.55 bits per heavy atom. The standard InChI is InChI=1S/C29H28F3NO5S2/c1-3-36-21-10-8-19(9-11-21)27-28(20-6-4-5-7-23(15-20)40-29(30,31)32)39-25(33-27)16-37-22-12-13-24(18(2)14-22)38-17-26(34)35/h5,7-15,20H,3-4,6,16-17H2,1-2H3,(H,34,35). The van der Waals surface area contributed by atoms with E-state index in [-0.39, 0.29) is 29.2 Å². The van der Waals surface area contributed by atoms with Gasteiger partial charge in [-0.1, -0.05) is 18.2 Å². The summed E-state index contributed by atoms with van der Waals surface area (Å²) in [7, 11) is 0. The fourth-order valence-corrected chi connectivity index (χ4v) is 5.92. The Bertz CT molecular complexity index is 1380. The van der Waals surface area contributed by atoms with Crippen molar-refractivity contribution in [3.05, 3.63) is 81.0 Å². The van der Waals surface area contributed by atoms with Crippen LogP contribution in [0, 0.1) is 6.92 Å². The number of hydrogen-bond donors (Lipinski definition) is 1. The molecular formula is C29H28F3NO5S2. The summed E-state index contributed by atoms with van der Waals surface area (Å²) >= 11 is 1.32. The van der Waals surface area contributed by atoms with Crippen LogP contribution in [0.4, 0.5) is 13.2 Å². The minimum atomic E-state index is -4.37. The molecular weight excluding hydrogens is 563 g/mol. The van der Waals surface area contributed by atoms with Gasteiger partial charge in [0.05, 0.1) is 12.3 Å². The van der Waals surface area contributed by atoms with Crippen LogP contribution in [0.3, 0.4) is 0 Å². The Hall–Kier alpha value is -3.44. The zero-order chi connectivity index (χ0) is 28.7. The van der Waals surface area contributed by atoms with Gasteiger partial charge in [-0.3, -0.25) is 0 Å². The fourth-order valence-electron chi connectivity index (χ4n) is 4.15. The fraction of sp³-hybridized carbons (Fsp3) is 0.310. The second-order valence-corrected chi connectivity index (χ2v) is 11.1. The van der Waals surface area contributed by atoms with Gasteiger partial charge >= 0.3 is 11.5 Å². The van der Waals surface area contributed by atoms with Crippen molar-refractivity contribution in [2.45, 2.75) is 44.7 Å². The van der Waals surface area contributed by atoms with Crippen LogP contribution in [-0.4, -0.2) is 34.8 Å². The van der Waals surface area contributed by atoms with E-state index in [4.69, 9.17) is 24.3 Å². The molecule has 212 valence electrons. The number of ether oxygens (including phenoxy) is 3. The van der Waals surface area contributed by atoms with E-state index in [1.54, 1.807) is 37.3 Å². The van der Waals surface area contributed by atoms with Gasteiger partial charge in [0.2, 0.25) is 0 Å². The number of hydrogen-bond acceptors (Lipinski definition) is 7. The second-order valence-electron chi connectivity index (χ2n) is 8.88. The molecule has 0 amide bonds. The summed E-state index contributed by atoms with van der Waals surface area (Å²) in [5, 5.41) is 9.51. The van der Waals surface area contributed by atoms with Crippen LogP contribution in [-0.2, 0) is 11.4 Å². The van der Waals surface area contributed by atoms with Crippen molar-refractivity contribution in [1.82, 2.24) is 4.98 Å². The number of thiazole rings is 1. The van der Waals surface area contributed by atoms with Crippen LogP contribution in [0.5, 0.6) is 17.2 Å². The first-order valence-electron chi connectivity index (χ1n) is 12.6. The van der Waals surface area contributed by atoms with Crippen molar-refractivity contribution in [3.8, 4) is 28.5 Å². The maximum Gasteiger partial charge on any atom is 0.446 e. The first kappa shape index (κ1) is 29.5. The largest absolute Gasteiger partial charge is 0.494 e. The summed E-state index contributed by atoms with van der Waals surface area (Å²) in [5.74, 6) is 0.416. The summed E-state index contributed by atoms with van der Waals surface area (Å²) in [5.41, 5.74) is -2.10. The molecule has 3 aromatic rings. The summed E-state index contributed by atoms with van der Waals surface area (Å²) in [6.45, 7) is 3.95. The molecule has 1 heterocycles. The molecule has 1 unspecified atom stereocenters. The van der Waals surface area contributed by atoms with Crippen LogP contribution >= 0.6 is 23.1 Å². The number of carbonyl (C=O) groups is 1. The van der Waals surface area contributed by atoms with Crippen molar-refractivity contribution in [2.24, 2.45) is 0 Å². The summed E-state index contributed by atoms with van der Waals surface area (Å²) < 4.78 is 56.3. The van der Waals surface area contributed by atoms with Gasteiger partial charge in [0.1, 0.15) is 28.9 Å². The molecule has 0 bridgehead atoms. The van der Waals surface area contributed by atoms with Gasteiger partial charge in [-0.05, 0) is 86.5 Å². The van der Waals surface area contributed by atoms with Crippen LogP contribution < -0.4 is 14.2 Å². The number of aryl methyl sites for hydroxylation is 1. The van der Waals surface area contributed by atoms with E-state index >= 15 is 0 Å². The van der Waals surface area contributed by atoms with E-state index in [2.05, 4.69) is 0 Å². The third kappa shape index (κ3) is 8.28. The number of rotatable bonds is 11. The highest BCUT2D eigenvalue weighted by Gasteiger charge is 2.31. The maximum absolute atomic E-state index is 13.2. The topological polar surface area (TPSA) is 77.9 Å². The van der Waals surface area contributed by atoms with E-state index in [0.29, 0.717) is 41.6 Å². The zero-order valence-electron chi connectivity index (χ0n) is 21.9. The predicted molar refractivity (Wildman–Crippen MR) is 150 cm³/mol. The first-order valence-corrected chi connectivity index (χ1v) is 14.2. The highest BCUT2D eigenvalue weighted by atomic mass is 32.2. The molecule has 1 aliphatic rings. The quantitative estimate of drug-likeness (QED) is 0.241. The minimum Gasteiger partial charge on any atom is -0.494 e. The Balaban J connectivity index is 1.61. The van der Waals surface area contributed by atoms with Gasteiger partial charge in [0.15, 0.2) is 6.61 Å². The molecule has 6 nitrogen and oxygen atoms in total. The minimum absolute atomic E-state index is 0.105. The predicted octanol–water partition coefficient (Wildman–Crippen LogP) is 8.13. The molecule has 1 N–H and O–H groups in total. The number of aromatic nitrogens is 1. The average Bonchev–Trinajstić information content (AvgIpc) is 3.19. The van der Waals surface area contributed by atoms with E-state index in [1.165, 1.54) is 17.4 Å². The number of alkyl halides is 3. The van der Waals surface area contributed by atoms with Crippen molar-refractivity contribution in [2.75, 3.05) is 13.2 Å². The van der Waals surface area contributed by atoms with Gasteiger partial charge in [-0.15, -0.1) is 11.3 Å². The number of benzene rings is 2. The van der Waals surface area contributed by atoms with Gasteiger partial charge in [0.25, 0.3) is 0 Å². The zero-order valence-corrected chi connectivity index (χ0v) is 23.5.